The molecule has 3 aromatic carbocycles. The highest BCUT2D eigenvalue weighted by Gasteiger charge is 2.16. The maximum atomic E-state index is 13.0. The molecule has 0 aliphatic heterocycles. The summed E-state index contributed by atoms with van der Waals surface area (Å²) in [5.74, 6) is -0.748. The molecule has 0 aliphatic rings. The summed E-state index contributed by atoms with van der Waals surface area (Å²) in [6.07, 6.45) is 0.846. The Morgan fingerprint density at radius 2 is 1.43 bits per heavy atom. The minimum absolute atomic E-state index is 0.0703. The molecule has 144 valence electrons. The van der Waals surface area contributed by atoms with E-state index in [-0.39, 0.29) is 22.9 Å². The Bertz CT molecular complexity index is 1050. The molecule has 0 atom stereocenters. The first-order valence-electron chi connectivity index (χ1n) is 8.65. The first kappa shape index (κ1) is 19.6. The second kappa shape index (κ2) is 8.67. The molecule has 0 heterocycles. The van der Waals surface area contributed by atoms with E-state index in [1.807, 2.05) is 30.3 Å². The van der Waals surface area contributed by atoms with Crippen LogP contribution in [0.3, 0.4) is 0 Å². The summed E-state index contributed by atoms with van der Waals surface area (Å²) in [5.41, 5.74) is 1.63. The number of halogens is 1. The SMILES string of the molecule is O=C(CCc1ccccc1)Nc1ccccc1NS(=O)(=O)c1ccc(F)cc1. The standard InChI is InChI=1S/C21H19FN2O3S/c22-17-11-13-18(14-12-17)28(26,27)24-20-9-5-4-8-19(20)23-21(25)15-10-16-6-2-1-3-7-16/h1-9,11-14,24H,10,15H2,(H,23,25). The molecule has 3 rings (SSSR count). The monoisotopic (exact) mass is 398 g/mol. The molecule has 0 bridgehead atoms. The lowest BCUT2D eigenvalue weighted by Gasteiger charge is -2.13. The second-order valence-electron chi connectivity index (χ2n) is 6.14. The van der Waals surface area contributed by atoms with Gasteiger partial charge >= 0.3 is 0 Å². The van der Waals surface area contributed by atoms with Crippen LogP contribution >= 0.6 is 0 Å². The highest BCUT2D eigenvalue weighted by atomic mass is 32.2. The molecular formula is C21H19FN2O3S. The van der Waals surface area contributed by atoms with E-state index < -0.39 is 15.8 Å². The molecule has 0 fully saturated rings. The minimum atomic E-state index is -3.91. The zero-order valence-corrected chi connectivity index (χ0v) is 15.7. The predicted octanol–water partition coefficient (Wildman–Crippen LogP) is 4.20. The lowest BCUT2D eigenvalue weighted by atomic mass is 10.1. The molecule has 3 aromatic rings. The van der Waals surface area contributed by atoms with Crippen molar-refractivity contribution in [1.29, 1.82) is 0 Å². The number of hydrogen-bond donors (Lipinski definition) is 2. The zero-order chi connectivity index (χ0) is 20.0. The maximum Gasteiger partial charge on any atom is 0.261 e. The van der Waals surface area contributed by atoms with Gasteiger partial charge in [-0.25, -0.2) is 12.8 Å². The smallest absolute Gasteiger partial charge is 0.261 e. The molecule has 0 unspecified atom stereocenters. The van der Waals surface area contributed by atoms with E-state index in [0.717, 1.165) is 17.7 Å². The van der Waals surface area contributed by atoms with Crippen LogP contribution in [-0.2, 0) is 21.2 Å². The fourth-order valence-corrected chi connectivity index (χ4v) is 3.69. The Labute approximate surface area is 163 Å². The first-order valence-corrected chi connectivity index (χ1v) is 10.1. The predicted molar refractivity (Wildman–Crippen MR) is 107 cm³/mol. The largest absolute Gasteiger partial charge is 0.324 e. The van der Waals surface area contributed by atoms with Crippen molar-refractivity contribution < 1.29 is 17.6 Å². The number of hydrogen-bond acceptors (Lipinski definition) is 3. The fourth-order valence-electron chi connectivity index (χ4n) is 2.61. The van der Waals surface area contributed by atoms with Crippen LogP contribution < -0.4 is 10.0 Å². The molecule has 5 nitrogen and oxygen atoms in total. The number of aryl methyl sites for hydroxylation is 1. The number of amides is 1. The van der Waals surface area contributed by atoms with Gasteiger partial charge in [0.2, 0.25) is 5.91 Å². The number of rotatable bonds is 7. The van der Waals surface area contributed by atoms with Crippen LogP contribution in [0.25, 0.3) is 0 Å². The number of carbonyl (C=O) groups is 1. The van der Waals surface area contributed by atoms with Crippen LogP contribution in [0, 0.1) is 5.82 Å². The summed E-state index contributed by atoms with van der Waals surface area (Å²) >= 11 is 0. The molecule has 1 amide bonds. The van der Waals surface area contributed by atoms with Crippen LogP contribution in [-0.4, -0.2) is 14.3 Å². The van der Waals surface area contributed by atoms with Crippen molar-refractivity contribution in [3.8, 4) is 0 Å². The summed E-state index contributed by atoms with van der Waals surface area (Å²) in [7, 11) is -3.91. The molecule has 0 aromatic heterocycles. The Morgan fingerprint density at radius 3 is 2.11 bits per heavy atom. The van der Waals surface area contributed by atoms with E-state index in [1.54, 1.807) is 24.3 Å². The van der Waals surface area contributed by atoms with Gasteiger partial charge < -0.3 is 5.32 Å². The molecule has 0 spiro atoms. The van der Waals surface area contributed by atoms with Crippen molar-refractivity contribution in [1.82, 2.24) is 0 Å². The van der Waals surface area contributed by atoms with Gasteiger partial charge in [0.1, 0.15) is 5.82 Å². The number of carbonyl (C=O) groups excluding carboxylic acids is 1. The van der Waals surface area contributed by atoms with Gasteiger partial charge in [0, 0.05) is 6.42 Å². The van der Waals surface area contributed by atoms with E-state index >= 15 is 0 Å². The molecule has 7 heteroatoms. The van der Waals surface area contributed by atoms with Crippen molar-refractivity contribution in [3.63, 3.8) is 0 Å². The molecular weight excluding hydrogens is 379 g/mol. The lowest BCUT2D eigenvalue weighted by Crippen LogP contribution is -2.17. The van der Waals surface area contributed by atoms with Crippen molar-refractivity contribution in [2.45, 2.75) is 17.7 Å². The van der Waals surface area contributed by atoms with Crippen LogP contribution in [0.1, 0.15) is 12.0 Å². The number of anilines is 2. The Kier molecular flexibility index (Phi) is 6.06. The Hall–Kier alpha value is -3.19. The van der Waals surface area contributed by atoms with Crippen molar-refractivity contribution >= 4 is 27.3 Å². The number of para-hydroxylation sites is 2. The van der Waals surface area contributed by atoms with Gasteiger partial charge in [0.15, 0.2) is 0 Å². The third-order valence-electron chi connectivity index (χ3n) is 4.05. The Balaban J connectivity index is 1.70. The van der Waals surface area contributed by atoms with E-state index in [1.165, 1.54) is 12.1 Å². The highest BCUT2D eigenvalue weighted by Crippen LogP contribution is 2.25. The fraction of sp³-hybridized carbons (Fsp3) is 0.0952. The van der Waals surface area contributed by atoms with Gasteiger partial charge in [-0.1, -0.05) is 42.5 Å². The zero-order valence-electron chi connectivity index (χ0n) is 14.9. The van der Waals surface area contributed by atoms with Gasteiger partial charge in [-0.15, -0.1) is 0 Å². The van der Waals surface area contributed by atoms with Crippen LogP contribution in [0.5, 0.6) is 0 Å². The molecule has 2 N–H and O–H groups in total. The first-order chi connectivity index (χ1) is 13.4. The highest BCUT2D eigenvalue weighted by molar-refractivity contribution is 7.92. The molecule has 0 radical (unpaired) electrons. The normalized spacial score (nSPS) is 11.0. The summed E-state index contributed by atoms with van der Waals surface area (Å²) in [5, 5.41) is 2.74. The van der Waals surface area contributed by atoms with E-state index in [9.17, 15) is 17.6 Å². The van der Waals surface area contributed by atoms with Gasteiger partial charge in [-0.2, -0.15) is 0 Å². The summed E-state index contributed by atoms with van der Waals surface area (Å²) in [6, 6.07) is 20.6. The molecule has 0 saturated carbocycles. The van der Waals surface area contributed by atoms with E-state index in [2.05, 4.69) is 10.0 Å². The number of nitrogens with one attached hydrogen (secondary N) is 2. The average molecular weight is 398 g/mol. The van der Waals surface area contributed by atoms with Crippen LogP contribution in [0.4, 0.5) is 15.8 Å². The summed E-state index contributed by atoms with van der Waals surface area (Å²) in [6.45, 7) is 0. The second-order valence-corrected chi connectivity index (χ2v) is 7.82. The lowest BCUT2D eigenvalue weighted by molar-refractivity contribution is -0.116. The Morgan fingerprint density at radius 1 is 0.821 bits per heavy atom. The topological polar surface area (TPSA) is 75.3 Å². The van der Waals surface area contributed by atoms with Gasteiger partial charge in [0.05, 0.1) is 16.3 Å². The van der Waals surface area contributed by atoms with Crippen molar-refractivity contribution in [3.05, 3.63) is 90.2 Å². The summed E-state index contributed by atoms with van der Waals surface area (Å²) < 4.78 is 40.5. The summed E-state index contributed by atoms with van der Waals surface area (Å²) in [4.78, 5) is 12.2. The van der Waals surface area contributed by atoms with Crippen LogP contribution in [0.2, 0.25) is 0 Å². The minimum Gasteiger partial charge on any atom is -0.324 e. The van der Waals surface area contributed by atoms with Crippen molar-refractivity contribution in [2.24, 2.45) is 0 Å². The average Bonchev–Trinajstić information content (AvgIpc) is 2.69. The number of benzene rings is 3. The van der Waals surface area contributed by atoms with E-state index in [4.69, 9.17) is 0 Å². The van der Waals surface area contributed by atoms with Gasteiger partial charge in [-0.05, 0) is 48.4 Å². The van der Waals surface area contributed by atoms with Crippen LogP contribution in [0.15, 0.2) is 83.8 Å². The maximum absolute atomic E-state index is 13.0. The molecule has 28 heavy (non-hydrogen) atoms. The third-order valence-corrected chi connectivity index (χ3v) is 5.43. The molecule has 0 aliphatic carbocycles. The quantitative estimate of drug-likeness (QED) is 0.626. The van der Waals surface area contributed by atoms with Crippen molar-refractivity contribution in [2.75, 3.05) is 10.0 Å². The van der Waals surface area contributed by atoms with Gasteiger partial charge in [0.25, 0.3) is 10.0 Å². The number of sulfonamides is 1. The molecule has 0 saturated heterocycles. The van der Waals surface area contributed by atoms with Gasteiger partial charge in [-0.3, -0.25) is 9.52 Å². The third kappa shape index (κ3) is 5.17. The van der Waals surface area contributed by atoms with E-state index in [0.29, 0.717) is 12.1 Å².